The van der Waals surface area contributed by atoms with Crippen molar-refractivity contribution in [1.82, 2.24) is 25.3 Å². The Kier molecular flexibility index (Phi) is 42.3. The van der Waals surface area contributed by atoms with Crippen molar-refractivity contribution in [2.24, 2.45) is 11.8 Å². The molecule has 2 saturated carbocycles. The third-order valence-corrected chi connectivity index (χ3v) is 21.8. The summed E-state index contributed by atoms with van der Waals surface area (Å²) in [4.78, 5) is 43.0. The molecule has 3 fully saturated rings. The molecule has 0 radical (unpaired) electrons. The molecule has 0 bridgehead atoms. The summed E-state index contributed by atoms with van der Waals surface area (Å²) in [6.45, 7) is -0.421. The van der Waals surface area contributed by atoms with Crippen molar-refractivity contribution in [2.45, 2.75) is 244 Å². The van der Waals surface area contributed by atoms with Crippen LogP contribution in [0.3, 0.4) is 0 Å². The molecular formula is C58H111N7O15P2S2. The van der Waals surface area contributed by atoms with Crippen LogP contribution in [0.4, 0.5) is 11.6 Å². The lowest BCUT2D eigenvalue weighted by Crippen LogP contribution is -2.35. The van der Waals surface area contributed by atoms with Crippen LogP contribution in [-0.2, 0) is 65.9 Å². The topological polar surface area (TPSA) is 365 Å². The van der Waals surface area contributed by atoms with Gasteiger partial charge in [0.1, 0.15) is 40.3 Å². The van der Waals surface area contributed by atoms with Crippen molar-refractivity contribution < 1.29 is 60.3 Å². The number of unbranched alkanes of at least 4 members (excludes halogenated alkanes) is 22. The maximum absolute atomic E-state index is 12.7. The van der Waals surface area contributed by atoms with Gasteiger partial charge in [-0.15, -0.1) is 0 Å². The summed E-state index contributed by atoms with van der Waals surface area (Å²) < 4.78 is 90.8. The molecule has 5 rings (SSSR count). The zero-order valence-electron chi connectivity index (χ0n) is 51.1. The van der Waals surface area contributed by atoms with Crippen molar-refractivity contribution in [3.05, 3.63) is 45.5 Å². The number of hydrogen-bond donors (Lipinski definition) is 4. The van der Waals surface area contributed by atoms with Gasteiger partial charge in [0.25, 0.3) is 0 Å². The van der Waals surface area contributed by atoms with Crippen molar-refractivity contribution >= 4 is 47.5 Å². The first-order valence-electron chi connectivity index (χ1n) is 31.4. The highest BCUT2D eigenvalue weighted by Gasteiger charge is 2.33. The Bertz CT molecular complexity index is 2370. The number of ether oxygens (including phenoxy) is 2. The Morgan fingerprint density at radius 1 is 0.702 bits per heavy atom. The normalized spacial score (nSPS) is 18.7. The average Bonchev–Trinajstić information content (AvgIpc) is 3.63. The summed E-state index contributed by atoms with van der Waals surface area (Å²) in [7, 11) is -11.9. The van der Waals surface area contributed by atoms with E-state index in [0.29, 0.717) is 18.6 Å². The molecule has 3 unspecified atom stereocenters. The van der Waals surface area contributed by atoms with E-state index < -0.39 is 72.4 Å². The number of nitrogens with two attached hydrogens (primary N) is 2. The standard InChI is InChI=1S/C29H54N3O8PS.C29H52N3O6PS.H3N.H2O/c30-28-18-19-32(29(34)31-28)23-27(24-33)39-25-41(35,36)40-20-14-22-42(37,38)21-12-10-8-6-4-2-1-3-5-7-9-11-15-26-16-13-17-26;30-28-18-19-32(29(33)31-28)23-27-24-38-39(34,25-36-27)37-20-14-22-40(35)21-12-10-8-6-4-2-1-3-5-7-9-11-15-26-16-13-17-26;;/h18-19,26-27,33H,1-17,20-25H2,(H,35,36)(H2,30,31,34);18-19,26-27H,1-17,20-25H2,(H2,30,31,33);1H3;1H2/t27-;27-,39?,40?;;/m00../s1. The number of anilines is 2. The van der Waals surface area contributed by atoms with Crippen LogP contribution in [0.1, 0.15) is 218 Å². The first-order chi connectivity index (χ1) is 39.5. The monoisotopic (exact) mass is 1270 g/mol. The molecular weight excluding hydrogens is 1160 g/mol. The number of sulfone groups is 1. The molecule has 3 heterocycles. The fourth-order valence-corrected chi connectivity index (χ4v) is 15.2. The van der Waals surface area contributed by atoms with Gasteiger partial charge < -0.3 is 60.7 Å². The number of hydrogen-bond acceptors (Lipinski definition) is 18. The summed E-state index contributed by atoms with van der Waals surface area (Å²) in [5.41, 5.74) is 9.81. The number of nitrogens with zero attached hydrogens (tertiary/aromatic N) is 4. The van der Waals surface area contributed by atoms with Gasteiger partial charge in [0.15, 0.2) is 7.60 Å². The lowest BCUT2D eigenvalue weighted by molar-refractivity contribution is -0.205. The second kappa shape index (κ2) is 45.8. The van der Waals surface area contributed by atoms with Crippen LogP contribution in [-0.4, -0.2) is 117 Å². The van der Waals surface area contributed by atoms with Crippen LogP contribution >= 0.6 is 15.2 Å². The first-order valence-corrected chi connectivity index (χ1v) is 38.2. The van der Waals surface area contributed by atoms with Gasteiger partial charge >= 0.3 is 19.0 Å². The Balaban J connectivity index is 0.000000561. The number of aliphatic hydroxyl groups is 1. The second-order valence-electron chi connectivity index (χ2n) is 23.1. The Morgan fingerprint density at radius 2 is 1.15 bits per heavy atom. The number of aromatic nitrogens is 4. The predicted octanol–water partition coefficient (Wildman–Crippen LogP) is 10.4. The Morgan fingerprint density at radius 3 is 1.61 bits per heavy atom. The van der Waals surface area contributed by atoms with E-state index >= 15 is 0 Å². The molecule has 26 heteroatoms. The highest BCUT2D eigenvalue weighted by Crippen LogP contribution is 2.51. The van der Waals surface area contributed by atoms with Crippen molar-refractivity contribution in [3.8, 4) is 0 Å². The van der Waals surface area contributed by atoms with E-state index in [1.54, 1.807) is 6.20 Å². The second-order valence-corrected chi connectivity index (χ2v) is 30.9. The highest BCUT2D eigenvalue weighted by molar-refractivity contribution is 7.91. The largest absolute Gasteiger partial charge is 0.777 e. The third kappa shape index (κ3) is 36.8. The predicted molar refractivity (Wildman–Crippen MR) is 336 cm³/mol. The minimum atomic E-state index is -4.42. The summed E-state index contributed by atoms with van der Waals surface area (Å²) in [5.74, 6) is 3.54. The van der Waals surface area contributed by atoms with Gasteiger partial charge in [-0.2, -0.15) is 9.97 Å². The number of aliphatic hydroxyl groups excluding tert-OH is 1. The molecule has 22 nitrogen and oxygen atoms in total. The summed E-state index contributed by atoms with van der Waals surface area (Å²) in [6.07, 6.45) is 43.0. The van der Waals surface area contributed by atoms with E-state index in [1.165, 1.54) is 190 Å². The van der Waals surface area contributed by atoms with Crippen LogP contribution in [0.15, 0.2) is 34.1 Å². The fraction of sp³-hybridized carbons (Fsp3) is 0.862. The van der Waals surface area contributed by atoms with Gasteiger partial charge in [0, 0.05) is 34.7 Å². The molecule has 11 N–H and O–H groups in total. The lowest BCUT2D eigenvalue weighted by atomic mass is 9.81. The maximum Gasteiger partial charge on any atom is 0.356 e. The summed E-state index contributed by atoms with van der Waals surface area (Å²) in [5, 5.41) is 9.46. The Labute approximate surface area is 505 Å². The first kappa shape index (κ1) is 77.7. The minimum Gasteiger partial charge on any atom is -0.777 e. The molecule has 490 valence electrons. The van der Waals surface area contributed by atoms with E-state index in [-0.39, 0.29) is 80.4 Å². The molecule has 3 aliphatic rings. The number of rotatable bonds is 48. The van der Waals surface area contributed by atoms with Gasteiger partial charge in [-0.3, -0.25) is 17.9 Å². The smallest absolute Gasteiger partial charge is 0.356 e. The highest BCUT2D eigenvalue weighted by atomic mass is 32.2. The number of nitrogen functional groups attached to an aromatic ring is 2. The lowest BCUT2D eigenvalue weighted by Gasteiger charge is -2.29. The van der Waals surface area contributed by atoms with Crippen molar-refractivity contribution in [1.29, 1.82) is 0 Å². The van der Waals surface area contributed by atoms with E-state index in [9.17, 15) is 41.3 Å². The molecule has 0 amide bonds. The van der Waals surface area contributed by atoms with Crippen LogP contribution < -0.4 is 33.9 Å². The van der Waals surface area contributed by atoms with Crippen LogP contribution in [0.5, 0.6) is 0 Å². The molecule has 2 aliphatic carbocycles. The number of quaternary nitrogens is 1. The molecule has 1 saturated heterocycles. The molecule has 0 spiro atoms. The quantitative estimate of drug-likeness (QED) is 0.0353. The maximum atomic E-state index is 12.7. The molecule has 2 aromatic heterocycles. The Hall–Kier alpha value is -2.44. The summed E-state index contributed by atoms with van der Waals surface area (Å²) in [6, 6.07) is 2.93. The van der Waals surface area contributed by atoms with Gasteiger partial charge in [-0.25, -0.2) is 18.0 Å². The van der Waals surface area contributed by atoms with E-state index in [4.69, 9.17) is 34.5 Å². The molecule has 84 heavy (non-hydrogen) atoms. The van der Waals surface area contributed by atoms with Gasteiger partial charge in [0.2, 0.25) is 0 Å². The van der Waals surface area contributed by atoms with Gasteiger partial charge in [-0.05, 0) is 49.7 Å². The average molecular weight is 1270 g/mol. The minimum absolute atomic E-state index is 0. The zero-order valence-corrected chi connectivity index (χ0v) is 54.5. The van der Waals surface area contributed by atoms with Crippen LogP contribution in [0.25, 0.3) is 0 Å². The summed E-state index contributed by atoms with van der Waals surface area (Å²) >= 11 is 0. The van der Waals surface area contributed by atoms with Crippen LogP contribution in [0.2, 0.25) is 0 Å². The molecule has 5 atom stereocenters. The molecule has 1 aliphatic heterocycles. The van der Waals surface area contributed by atoms with E-state index in [0.717, 1.165) is 54.3 Å². The zero-order chi connectivity index (χ0) is 59.2. The molecule has 0 aromatic carbocycles. The van der Waals surface area contributed by atoms with E-state index in [2.05, 4.69) is 9.97 Å². The van der Waals surface area contributed by atoms with Gasteiger partial charge in [0.05, 0.1) is 57.1 Å². The van der Waals surface area contributed by atoms with Crippen molar-refractivity contribution in [2.75, 3.05) is 73.6 Å². The fourth-order valence-electron chi connectivity index (χ4n) is 10.3. The SMILES string of the molecule is Nc1ccn(C[C@@H](CO)OCP(=O)([O-])OCCCS(=O)(=O)CCCCCCCCCCCCCCC2CCC2)c(=O)n1.Nc1ccn(C[C@H]2COP(=O)(OCCCS(=O)CCCCCCCCCCCCCCC3CCC3)CO2)c(=O)n1.O.[NH4+]. The molecule has 2 aromatic rings. The third-order valence-electron chi connectivity index (χ3n) is 15.9. The van der Waals surface area contributed by atoms with Crippen LogP contribution in [0, 0.1) is 11.8 Å². The van der Waals surface area contributed by atoms with E-state index in [1.807, 2.05) is 0 Å². The van der Waals surface area contributed by atoms with Crippen molar-refractivity contribution in [3.63, 3.8) is 0 Å². The van der Waals surface area contributed by atoms with Gasteiger partial charge in [-0.1, -0.05) is 193 Å².